The van der Waals surface area contributed by atoms with Gasteiger partial charge in [0.05, 0.1) is 34.4 Å². The van der Waals surface area contributed by atoms with Crippen LogP contribution in [0, 0.1) is 0 Å². The Hall–Kier alpha value is -0.340. The number of carbonyl (C=O) groups is 1. The van der Waals surface area contributed by atoms with Crippen molar-refractivity contribution < 1.29 is 37.3 Å². The SMILES string of the molecule is CCCCCC(=O)CCCCCCCCCCCOCC(COP(=O)(O)OCC[N+](C)(C)C)OC. The van der Waals surface area contributed by atoms with E-state index in [1.54, 1.807) is 0 Å². The van der Waals surface area contributed by atoms with Gasteiger partial charge in [-0.3, -0.25) is 13.8 Å². The molecule has 2 atom stereocenters. The molecular weight excluding hydrogens is 469 g/mol. The first-order chi connectivity index (χ1) is 16.6. The van der Waals surface area contributed by atoms with Gasteiger partial charge in [-0.15, -0.1) is 0 Å². The molecule has 0 saturated heterocycles. The van der Waals surface area contributed by atoms with E-state index in [1.165, 1.54) is 58.5 Å². The van der Waals surface area contributed by atoms with Crippen molar-refractivity contribution in [3.8, 4) is 0 Å². The molecule has 0 radical (unpaired) electrons. The predicted octanol–water partition coefficient (Wildman–Crippen LogP) is 5.91. The molecule has 2 unspecified atom stereocenters. The van der Waals surface area contributed by atoms with Crippen molar-refractivity contribution in [2.75, 3.05) is 61.2 Å². The molecule has 0 saturated carbocycles. The highest BCUT2D eigenvalue weighted by atomic mass is 31.2. The zero-order valence-electron chi connectivity index (χ0n) is 23.3. The van der Waals surface area contributed by atoms with E-state index in [0.717, 1.165) is 38.5 Å². The largest absolute Gasteiger partial charge is 0.472 e. The van der Waals surface area contributed by atoms with E-state index in [1.807, 2.05) is 21.1 Å². The molecule has 0 aliphatic rings. The predicted molar refractivity (Wildman–Crippen MR) is 142 cm³/mol. The third-order valence-corrected chi connectivity index (χ3v) is 6.86. The standard InChI is InChI=1S/C26H54NO7P/c1-6-7-15-18-25(28)19-16-13-11-9-8-10-12-14-17-21-32-23-26(31-5)24-34-35(29,30)33-22-20-27(2,3)4/h26H,6-24H2,1-5H3/p+1. The van der Waals surface area contributed by atoms with Crippen molar-refractivity contribution in [2.45, 2.75) is 103 Å². The van der Waals surface area contributed by atoms with Gasteiger partial charge in [-0.25, -0.2) is 4.57 Å². The van der Waals surface area contributed by atoms with Crippen molar-refractivity contribution in [3.63, 3.8) is 0 Å². The Morgan fingerprint density at radius 3 is 1.89 bits per heavy atom. The number of unbranched alkanes of at least 4 members (excludes halogenated alkanes) is 10. The van der Waals surface area contributed by atoms with Crippen molar-refractivity contribution in [1.82, 2.24) is 0 Å². The minimum absolute atomic E-state index is 0.0539. The first kappa shape index (κ1) is 34.7. The molecule has 0 rings (SSSR count). The molecular formula is C26H55NO7P+. The van der Waals surface area contributed by atoms with Gasteiger partial charge in [0.2, 0.25) is 0 Å². The van der Waals surface area contributed by atoms with Crippen LogP contribution in [-0.2, 0) is 27.9 Å². The molecule has 8 nitrogen and oxygen atoms in total. The highest BCUT2D eigenvalue weighted by Crippen LogP contribution is 2.43. The maximum Gasteiger partial charge on any atom is 0.472 e. The maximum atomic E-state index is 12.0. The van der Waals surface area contributed by atoms with E-state index >= 15 is 0 Å². The Labute approximate surface area is 215 Å². The van der Waals surface area contributed by atoms with Gasteiger partial charge in [0.1, 0.15) is 25.0 Å². The van der Waals surface area contributed by atoms with Crippen LogP contribution in [0.25, 0.3) is 0 Å². The summed E-state index contributed by atoms with van der Waals surface area (Å²) >= 11 is 0. The number of phosphoric ester groups is 1. The first-order valence-electron chi connectivity index (χ1n) is 13.6. The number of hydrogen-bond acceptors (Lipinski definition) is 6. The fraction of sp³-hybridized carbons (Fsp3) is 0.962. The Morgan fingerprint density at radius 2 is 1.34 bits per heavy atom. The van der Waals surface area contributed by atoms with Crippen LogP contribution in [0.3, 0.4) is 0 Å². The van der Waals surface area contributed by atoms with Gasteiger partial charge in [-0.05, 0) is 19.3 Å². The average molecular weight is 525 g/mol. The lowest BCUT2D eigenvalue weighted by Gasteiger charge is -2.24. The number of phosphoric acid groups is 1. The Balaban J connectivity index is 3.57. The minimum Gasteiger partial charge on any atom is -0.379 e. The van der Waals surface area contributed by atoms with Crippen molar-refractivity contribution >= 4 is 13.6 Å². The zero-order valence-corrected chi connectivity index (χ0v) is 24.2. The molecule has 35 heavy (non-hydrogen) atoms. The molecule has 0 fully saturated rings. The maximum absolute atomic E-state index is 12.0. The lowest BCUT2D eigenvalue weighted by Crippen LogP contribution is -2.37. The van der Waals surface area contributed by atoms with Gasteiger partial charge >= 0.3 is 7.82 Å². The Morgan fingerprint density at radius 1 is 0.800 bits per heavy atom. The highest BCUT2D eigenvalue weighted by Gasteiger charge is 2.24. The molecule has 0 aromatic heterocycles. The summed E-state index contributed by atoms with van der Waals surface area (Å²) in [6.07, 6.45) is 15.1. The number of rotatable bonds is 26. The Kier molecular flexibility index (Phi) is 21.5. The van der Waals surface area contributed by atoms with E-state index in [4.69, 9.17) is 18.5 Å². The summed E-state index contributed by atoms with van der Waals surface area (Å²) in [5.41, 5.74) is 0. The monoisotopic (exact) mass is 524 g/mol. The second-order valence-electron chi connectivity index (χ2n) is 10.5. The molecule has 0 heterocycles. The molecule has 0 spiro atoms. The fourth-order valence-corrected chi connectivity index (χ4v) is 4.25. The quantitative estimate of drug-likeness (QED) is 0.0855. The number of likely N-dealkylation sites (N-methyl/N-ethyl adjacent to an activating group) is 1. The van der Waals surface area contributed by atoms with Crippen LogP contribution in [0.2, 0.25) is 0 Å². The second kappa shape index (κ2) is 21.7. The molecule has 0 aromatic carbocycles. The van der Waals surface area contributed by atoms with Gasteiger partial charge in [0.15, 0.2) is 0 Å². The number of ether oxygens (including phenoxy) is 2. The second-order valence-corrected chi connectivity index (χ2v) is 11.9. The van der Waals surface area contributed by atoms with Gasteiger partial charge < -0.3 is 18.9 Å². The summed E-state index contributed by atoms with van der Waals surface area (Å²) in [4.78, 5) is 21.5. The molecule has 0 bridgehead atoms. The van der Waals surface area contributed by atoms with Gasteiger partial charge in [0.25, 0.3) is 0 Å². The summed E-state index contributed by atoms with van der Waals surface area (Å²) in [6, 6.07) is 0. The molecule has 210 valence electrons. The van der Waals surface area contributed by atoms with E-state index in [-0.39, 0.29) is 13.2 Å². The van der Waals surface area contributed by atoms with Crippen molar-refractivity contribution in [3.05, 3.63) is 0 Å². The highest BCUT2D eigenvalue weighted by molar-refractivity contribution is 7.47. The van der Waals surface area contributed by atoms with Crippen LogP contribution in [-0.4, -0.2) is 82.5 Å². The molecule has 0 aromatic rings. The van der Waals surface area contributed by atoms with Crippen LogP contribution >= 0.6 is 7.82 Å². The summed E-state index contributed by atoms with van der Waals surface area (Å²) in [5.74, 6) is 0.443. The lowest BCUT2D eigenvalue weighted by atomic mass is 10.0. The van der Waals surface area contributed by atoms with Crippen molar-refractivity contribution in [2.24, 2.45) is 0 Å². The number of nitrogens with zero attached hydrogens (tertiary/aromatic N) is 1. The fourth-order valence-electron chi connectivity index (χ4n) is 3.50. The van der Waals surface area contributed by atoms with Gasteiger partial charge in [-0.1, -0.05) is 64.7 Å². The number of carbonyl (C=O) groups excluding carboxylic acids is 1. The zero-order chi connectivity index (χ0) is 26.4. The molecule has 0 amide bonds. The average Bonchev–Trinajstić information content (AvgIpc) is 2.78. The molecule has 0 aliphatic carbocycles. The molecule has 9 heteroatoms. The van der Waals surface area contributed by atoms with E-state index in [0.29, 0.717) is 30.0 Å². The van der Waals surface area contributed by atoms with Crippen LogP contribution in [0.5, 0.6) is 0 Å². The van der Waals surface area contributed by atoms with Crippen LogP contribution in [0.1, 0.15) is 96.8 Å². The summed E-state index contributed by atoms with van der Waals surface area (Å²) in [7, 11) is 3.39. The van der Waals surface area contributed by atoms with E-state index < -0.39 is 13.9 Å². The van der Waals surface area contributed by atoms with E-state index in [2.05, 4.69) is 6.92 Å². The number of Topliss-reactive ketones (excluding diaryl/α,β-unsaturated/α-hetero) is 1. The first-order valence-corrected chi connectivity index (χ1v) is 15.1. The number of hydrogen-bond donors (Lipinski definition) is 1. The van der Waals surface area contributed by atoms with Gasteiger partial charge in [-0.2, -0.15) is 0 Å². The van der Waals surface area contributed by atoms with Gasteiger partial charge in [0, 0.05) is 26.6 Å². The van der Waals surface area contributed by atoms with E-state index in [9.17, 15) is 14.3 Å². The smallest absolute Gasteiger partial charge is 0.379 e. The number of ketones is 1. The minimum atomic E-state index is -4.09. The third-order valence-electron chi connectivity index (χ3n) is 5.88. The summed E-state index contributed by atoms with van der Waals surface area (Å²) in [6.45, 7) is 3.82. The molecule has 0 aliphatic heterocycles. The number of quaternary nitrogens is 1. The topological polar surface area (TPSA) is 91.3 Å². The van der Waals surface area contributed by atoms with Crippen molar-refractivity contribution in [1.29, 1.82) is 0 Å². The number of methoxy groups -OCH3 is 1. The lowest BCUT2D eigenvalue weighted by molar-refractivity contribution is -0.870. The molecule has 1 N–H and O–H groups in total. The third kappa shape index (κ3) is 25.1. The summed E-state index contributed by atoms with van der Waals surface area (Å²) in [5, 5.41) is 0. The van der Waals surface area contributed by atoms with Crippen LogP contribution in [0.4, 0.5) is 0 Å². The normalized spacial score (nSPS) is 14.7. The van der Waals surface area contributed by atoms with Crippen LogP contribution in [0.15, 0.2) is 0 Å². The Bertz CT molecular complexity index is 554. The summed E-state index contributed by atoms with van der Waals surface area (Å²) < 4.78 is 33.6. The van der Waals surface area contributed by atoms with Crippen LogP contribution < -0.4 is 0 Å².